The van der Waals surface area contributed by atoms with Crippen molar-refractivity contribution in [3.63, 3.8) is 0 Å². The fourth-order valence-electron chi connectivity index (χ4n) is 3.02. The van der Waals surface area contributed by atoms with E-state index in [0.29, 0.717) is 26.3 Å². The molecule has 1 unspecified atom stereocenters. The highest BCUT2D eigenvalue weighted by Crippen LogP contribution is 2.37. The Balaban J connectivity index is 2.22. The molecule has 0 aliphatic carbocycles. The number of halogens is 3. The van der Waals surface area contributed by atoms with Crippen molar-refractivity contribution in [1.82, 2.24) is 0 Å². The van der Waals surface area contributed by atoms with Crippen LogP contribution < -0.4 is 4.31 Å². The first-order chi connectivity index (χ1) is 13.7. The molecule has 0 spiro atoms. The Labute approximate surface area is 185 Å². The van der Waals surface area contributed by atoms with Gasteiger partial charge in [-0.25, -0.2) is 8.42 Å². The average molecular weight is 471 g/mol. The highest BCUT2D eigenvalue weighted by molar-refractivity contribution is 7.92. The van der Waals surface area contributed by atoms with E-state index in [9.17, 15) is 13.5 Å². The molecule has 0 bridgehead atoms. The van der Waals surface area contributed by atoms with Gasteiger partial charge in [0.05, 0.1) is 23.2 Å². The molecule has 0 aliphatic heterocycles. The maximum Gasteiger partial charge on any atom is 0.264 e. The zero-order valence-corrected chi connectivity index (χ0v) is 18.5. The minimum absolute atomic E-state index is 0.0755. The minimum atomic E-state index is -4.01. The van der Waals surface area contributed by atoms with Crippen LogP contribution in [0.2, 0.25) is 15.1 Å². The summed E-state index contributed by atoms with van der Waals surface area (Å²) in [6.07, 6.45) is 0. The van der Waals surface area contributed by atoms with Crippen LogP contribution in [0.15, 0.2) is 71.6 Å². The lowest BCUT2D eigenvalue weighted by Crippen LogP contribution is -2.34. The number of rotatable bonds is 6. The average Bonchev–Trinajstić information content (AvgIpc) is 2.69. The SMILES string of the molecule is CC(c1ccc(Cl)cc1)N(c1cc(Cl)ccc1CO)S(=O)(=O)c1ccc(Cl)cc1. The van der Waals surface area contributed by atoms with E-state index in [4.69, 9.17) is 34.8 Å². The van der Waals surface area contributed by atoms with Gasteiger partial charge in [-0.15, -0.1) is 0 Å². The zero-order chi connectivity index (χ0) is 21.2. The van der Waals surface area contributed by atoms with E-state index in [1.807, 2.05) is 0 Å². The Hall–Kier alpha value is -1.76. The van der Waals surface area contributed by atoms with Crippen molar-refractivity contribution in [2.75, 3.05) is 4.31 Å². The van der Waals surface area contributed by atoms with Crippen LogP contribution >= 0.6 is 34.8 Å². The number of aliphatic hydroxyl groups excluding tert-OH is 1. The van der Waals surface area contributed by atoms with Gasteiger partial charge in [-0.1, -0.05) is 53.0 Å². The molecule has 29 heavy (non-hydrogen) atoms. The third-order valence-corrected chi connectivity index (χ3v) is 7.17. The van der Waals surface area contributed by atoms with Crippen LogP contribution in [-0.2, 0) is 16.6 Å². The lowest BCUT2D eigenvalue weighted by molar-refractivity contribution is 0.282. The van der Waals surface area contributed by atoms with Gasteiger partial charge in [0, 0.05) is 20.6 Å². The van der Waals surface area contributed by atoms with Crippen molar-refractivity contribution in [2.45, 2.75) is 24.5 Å². The molecule has 3 aromatic carbocycles. The standard InChI is InChI=1S/C21H18Cl3NO3S/c1-14(15-2-5-17(22)6-3-15)25(21-12-19(24)7-4-16(21)13-26)29(27,28)20-10-8-18(23)9-11-20/h2-12,14,26H,13H2,1H3. The molecule has 0 amide bonds. The second-order valence-corrected chi connectivity index (χ2v) is 9.54. The summed E-state index contributed by atoms with van der Waals surface area (Å²) in [5.41, 5.74) is 1.47. The van der Waals surface area contributed by atoms with Crippen molar-refractivity contribution in [3.05, 3.63) is 92.9 Å². The van der Waals surface area contributed by atoms with Crippen molar-refractivity contribution < 1.29 is 13.5 Å². The van der Waals surface area contributed by atoms with E-state index in [1.165, 1.54) is 34.6 Å². The molecule has 0 fully saturated rings. The Bertz CT molecular complexity index is 1100. The summed E-state index contributed by atoms with van der Waals surface area (Å²) in [5.74, 6) is 0. The van der Waals surface area contributed by atoms with E-state index < -0.39 is 16.1 Å². The van der Waals surface area contributed by atoms with Crippen LogP contribution in [0.1, 0.15) is 24.1 Å². The molecule has 3 rings (SSSR count). The highest BCUT2D eigenvalue weighted by atomic mass is 35.5. The molecule has 0 saturated heterocycles. The maximum atomic E-state index is 13.6. The molecular weight excluding hydrogens is 453 g/mol. The number of hydrogen-bond donors (Lipinski definition) is 1. The largest absolute Gasteiger partial charge is 0.392 e. The fourth-order valence-corrected chi connectivity index (χ4v) is 5.11. The summed E-state index contributed by atoms with van der Waals surface area (Å²) in [4.78, 5) is 0.0755. The third kappa shape index (κ3) is 4.71. The molecular formula is C21H18Cl3NO3S. The molecule has 4 nitrogen and oxygen atoms in total. The number of nitrogens with zero attached hydrogens (tertiary/aromatic N) is 1. The summed E-state index contributed by atoms with van der Waals surface area (Å²) in [6, 6.07) is 17.0. The molecule has 1 atom stereocenters. The number of anilines is 1. The third-order valence-electron chi connectivity index (χ3n) is 4.53. The van der Waals surface area contributed by atoms with Crippen molar-refractivity contribution in [3.8, 4) is 0 Å². The van der Waals surface area contributed by atoms with Crippen LogP contribution in [0.4, 0.5) is 5.69 Å². The lowest BCUT2D eigenvalue weighted by atomic mass is 10.1. The number of hydrogen-bond acceptors (Lipinski definition) is 3. The fraction of sp³-hybridized carbons (Fsp3) is 0.143. The van der Waals surface area contributed by atoms with Crippen LogP contribution in [0.25, 0.3) is 0 Å². The van der Waals surface area contributed by atoms with Gasteiger partial charge in [0.2, 0.25) is 0 Å². The molecule has 152 valence electrons. The molecule has 8 heteroatoms. The van der Waals surface area contributed by atoms with Gasteiger partial charge in [0.25, 0.3) is 10.0 Å². The Kier molecular flexibility index (Phi) is 6.76. The van der Waals surface area contributed by atoms with Crippen molar-refractivity contribution >= 4 is 50.5 Å². The number of sulfonamides is 1. The van der Waals surface area contributed by atoms with E-state index in [0.717, 1.165) is 5.56 Å². The maximum absolute atomic E-state index is 13.6. The molecule has 1 N–H and O–H groups in total. The van der Waals surface area contributed by atoms with Gasteiger partial charge in [-0.2, -0.15) is 0 Å². The first-order valence-corrected chi connectivity index (χ1v) is 11.3. The summed E-state index contributed by atoms with van der Waals surface area (Å²) < 4.78 is 28.5. The molecule has 0 aliphatic rings. The normalized spacial score (nSPS) is 12.6. The Morgan fingerprint density at radius 1 is 0.862 bits per heavy atom. The molecule has 3 aromatic rings. The second-order valence-electron chi connectivity index (χ2n) is 6.41. The van der Waals surface area contributed by atoms with E-state index in [2.05, 4.69) is 0 Å². The Morgan fingerprint density at radius 2 is 1.38 bits per heavy atom. The summed E-state index contributed by atoms with van der Waals surface area (Å²) >= 11 is 18.1. The van der Waals surface area contributed by atoms with E-state index in [1.54, 1.807) is 43.3 Å². The predicted octanol–water partition coefficient (Wildman–Crippen LogP) is 6.10. The second kappa shape index (κ2) is 8.94. The highest BCUT2D eigenvalue weighted by Gasteiger charge is 2.32. The number of aliphatic hydroxyl groups is 1. The molecule has 0 saturated carbocycles. The topological polar surface area (TPSA) is 57.6 Å². The summed E-state index contributed by atoms with van der Waals surface area (Å²) in [5, 5.41) is 11.2. The van der Waals surface area contributed by atoms with Gasteiger partial charge < -0.3 is 5.11 Å². The van der Waals surface area contributed by atoms with Crippen LogP contribution in [0.3, 0.4) is 0 Å². The Morgan fingerprint density at radius 3 is 1.93 bits per heavy atom. The first kappa shape index (κ1) is 21.9. The zero-order valence-electron chi connectivity index (χ0n) is 15.4. The van der Waals surface area contributed by atoms with Gasteiger partial charge in [0.15, 0.2) is 0 Å². The van der Waals surface area contributed by atoms with Gasteiger partial charge in [-0.3, -0.25) is 4.31 Å². The summed E-state index contributed by atoms with van der Waals surface area (Å²) in [6.45, 7) is 1.42. The predicted molar refractivity (Wildman–Crippen MR) is 118 cm³/mol. The minimum Gasteiger partial charge on any atom is -0.392 e. The van der Waals surface area contributed by atoms with Gasteiger partial charge in [-0.05, 0) is 61.0 Å². The quantitative estimate of drug-likeness (QED) is 0.474. The van der Waals surface area contributed by atoms with Crippen molar-refractivity contribution in [1.29, 1.82) is 0 Å². The van der Waals surface area contributed by atoms with Crippen LogP contribution in [0, 0.1) is 0 Å². The van der Waals surface area contributed by atoms with Crippen LogP contribution in [0.5, 0.6) is 0 Å². The monoisotopic (exact) mass is 469 g/mol. The van der Waals surface area contributed by atoms with Gasteiger partial charge in [0.1, 0.15) is 0 Å². The first-order valence-electron chi connectivity index (χ1n) is 8.69. The van der Waals surface area contributed by atoms with Gasteiger partial charge >= 0.3 is 0 Å². The smallest absolute Gasteiger partial charge is 0.264 e. The van der Waals surface area contributed by atoms with Crippen molar-refractivity contribution in [2.24, 2.45) is 0 Å². The summed E-state index contributed by atoms with van der Waals surface area (Å²) in [7, 11) is -4.01. The van der Waals surface area contributed by atoms with E-state index in [-0.39, 0.29) is 11.5 Å². The number of benzene rings is 3. The molecule has 0 radical (unpaired) electrons. The lowest BCUT2D eigenvalue weighted by Gasteiger charge is -2.32. The van der Waals surface area contributed by atoms with Crippen LogP contribution in [-0.4, -0.2) is 13.5 Å². The van der Waals surface area contributed by atoms with E-state index >= 15 is 0 Å². The molecule has 0 aromatic heterocycles. The molecule has 0 heterocycles.